The number of benzene rings is 1. The van der Waals surface area contributed by atoms with Crippen LogP contribution in [0.15, 0.2) is 59.7 Å². The lowest BCUT2D eigenvalue weighted by Crippen LogP contribution is -2.15. The van der Waals surface area contributed by atoms with E-state index in [1.165, 1.54) is 89.5 Å². The topological polar surface area (TPSA) is 51.5 Å². The summed E-state index contributed by atoms with van der Waals surface area (Å²) < 4.78 is 7.51. The second-order valence-electron chi connectivity index (χ2n) is 9.64. The molecule has 0 fully saturated rings. The third kappa shape index (κ3) is 12.8. The number of ether oxygens (including phenoxy) is 1. The Morgan fingerprint density at radius 1 is 0.829 bits per heavy atom. The zero-order valence-electron chi connectivity index (χ0n) is 21.9. The van der Waals surface area contributed by atoms with E-state index >= 15 is 0 Å². The van der Waals surface area contributed by atoms with Gasteiger partial charge in [-0.1, -0.05) is 121 Å². The third-order valence-corrected chi connectivity index (χ3v) is 6.56. The van der Waals surface area contributed by atoms with Gasteiger partial charge in [-0.2, -0.15) is 0 Å². The predicted molar refractivity (Wildman–Crippen MR) is 147 cm³/mol. The number of allylic oxidation sites excluding steroid dienone is 1. The van der Waals surface area contributed by atoms with Gasteiger partial charge in [0.1, 0.15) is 0 Å². The van der Waals surface area contributed by atoms with Gasteiger partial charge < -0.3 is 14.4 Å². The molecule has 1 heterocycles. The SMILES string of the molecule is CCCCCCCCCCCCCCCCC=COc1cn(Cc2ccccc2)c(CO)cc1=O. The van der Waals surface area contributed by atoms with E-state index in [4.69, 9.17) is 4.74 Å². The summed E-state index contributed by atoms with van der Waals surface area (Å²) in [6, 6.07) is 11.4. The molecule has 0 saturated heterocycles. The molecule has 4 heteroatoms. The van der Waals surface area contributed by atoms with E-state index in [2.05, 4.69) is 6.92 Å². The van der Waals surface area contributed by atoms with Gasteiger partial charge in [-0.05, 0) is 24.5 Å². The van der Waals surface area contributed by atoms with E-state index in [-0.39, 0.29) is 17.8 Å². The molecular formula is C31H47NO3. The van der Waals surface area contributed by atoms with Crippen LogP contribution in [0, 0.1) is 0 Å². The molecule has 0 atom stereocenters. The number of hydrogen-bond acceptors (Lipinski definition) is 3. The molecule has 1 aromatic carbocycles. The summed E-state index contributed by atoms with van der Waals surface area (Å²) in [5, 5.41) is 9.63. The molecule has 4 nitrogen and oxygen atoms in total. The molecule has 0 radical (unpaired) electrons. The lowest BCUT2D eigenvalue weighted by molar-refractivity contribution is 0.269. The summed E-state index contributed by atoms with van der Waals surface area (Å²) in [7, 11) is 0. The molecule has 2 rings (SSSR count). The van der Waals surface area contributed by atoms with E-state index < -0.39 is 0 Å². The van der Waals surface area contributed by atoms with Crippen molar-refractivity contribution in [3.63, 3.8) is 0 Å². The van der Waals surface area contributed by atoms with Crippen LogP contribution in [0.5, 0.6) is 5.75 Å². The minimum atomic E-state index is -0.209. The van der Waals surface area contributed by atoms with Crippen LogP contribution in [-0.4, -0.2) is 9.67 Å². The van der Waals surface area contributed by atoms with Crippen molar-refractivity contribution in [2.75, 3.05) is 0 Å². The molecular weight excluding hydrogens is 434 g/mol. The minimum Gasteiger partial charge on any atom is -0.460 e. The summed E-state index contributed by atoms with van der Waals surface area (Å²) >= 11 is 0. The highest BCUT2D eigenvalue weighted by Gasteiger charge is 2.07. The zero-order valence-corrected chi connectivity index (χ0v) is 21.9. The minimum absolute atomic E-state index is 0.183. The van der Waals surface area contributed by atoms with Crippen molar-refractivity contribution in [3.8, 4) is 5.75 Å². The number of aromatic nitrogens is 1. The molecule has 0 aliphatic rings. The fourth-order valence-corrected chi connectivity index (χ4v) is 4.39. The Morgan fingerprint density at radius 2 is 1.40 bits per heavy atom. The average molecular weight is 482 g/mol. The maximum atomic E-state index is 12.3. The molecule has 0 unspecified atom stereocenters. The number of aliphatic hydroxyl groups excluding tert-OH is 1. The average Bonchev–Trinajstić information content (AvgIpc) is 2.88. The molecule has 0 saturated carbocycles. The smallest absolute Gasteiger partial charge is 0.224 e. The summed E-state index contributed by atoms with van der Waals surface area (Å²) in [6.07, 6.45) is 25.3. The second-order valence-corrected chi connectivity index (χ2v) is 9.64. The quantitative estimate of drug-likeness (QED) is 0.153. The number of unbranched alkanes of at least 4 members (excludes halogenated alkanes) is 14. The van der Waals surface area contributed by atoms with Crippen LogP contribution in [0.2, 0.25) is 0 Å². The van der Waals surface area contributed by atoms with Crippen LogP contribution in [-0.2, 0) is 13.2 Å². The van der Waals surface area contributed by atoms with E-state index in [0.717, 1.165) is 18.4 Å². The fraction of sp³-hybridized carbons (Fsp3) is 0.581. The molecule has 0 spiro atoms. The number of hydrogen-bond donors (Lipinski definition) is 1. The summed E-state index contributed by atoms with van der Waals surface area (Å²) in [4.78, 5) is 12.3. The lowest BCUT2D eigenvalue weighted by Gasteiger charge is -2.13. The molecule has 2 aromatic rings. The Labute approximate surface area is 213 Å². The molecule has 0 bridgehead atoms. The van der Waals surface area contributed by atoms with Crippen molar-refractivity contribution < 1.29 is 9.84 Å². The Hall–Kier alpha value is -2.33. The van der Waals surface area contributed by atoms with Crippen LogP contribution in [0.4, 0.5) is 0 Å². The Morgan fingerprint density at radius 3 is 1.97 bits per heavy atom. The molecule has 0 amide bonds. The Kier molecular flexibility index (Phi) is 15.6. The first-order chi connectivity index (χ1) is 17.2. The van der Waals surface area contributed by atoms with E-state index in [1.54, 1.807) is 12.5 Å². The van der Waals surface area contributed by atoms with Crippen LogP contribution < -0.4 is 10.2 Å². The monoisotopic (exact) mass is 481 g/mol. The molecule has 0 aliphatic heterocycles. The lowest BCUT2D eigenvalue weighted by atomic mass is 10.0. The highest BCUT2D eigenvalue weighted by atomic mass is 16.5. The van der Waals surface area contributed by atoms with Crippen molar-refractivity contribution in [1.82, 2.24) is 4.57 Å². The van der Waals surface area contributed by atoms with Gasteiger partial charge in [-0.15, -0.1) is 0 Å². The molecule has 1 N–H and O–H groups in total. The molecule has 1 aromatic heterocycles. The van der Waals surface area contributed by atoms with Gasteiger partial charge in [-0.25, -0.2) is 0 Å². The third-order valence-electron chi connectivity index (χ3n) is 6.56. The molecule has 0 aliphatic carbocycles. The summed E-state index contributed by atoms with van der Waals surface area (Å²) in [5.41, 5.74) is 1.47. The number of rotatable bonds is 20. The van der Waals surface area contributed by atoms with Crippen molar-refractivity contribution in [1.29, 1.82) is 0 Å². The first-order valence-corrected chi connectivity index (χ1v) is 13.9. The Balaban J connectivity index is 1.56. The van der Waals surface area contributed by atoms with Crippen molar-refractivity contribution in [2.45, 2.75) is 116 Å². The van der Waals surface area contributed by atoms with Gasteiger partial charge in [0, 0.05) is 18.3 Å². The van der Waals surface area contributed by atoms with E-state index in [9.17, 15) is 9.90 Å². The van der Waals surface area contributed by atoms with Crippen LogP contribution in [0.1, 0.15) is 114 Å². The molecule has 194 valence electrons. The molecule has 35 heavy (non-hydrogen) atoms. The largest absolute Gasteiger partial charge is 0.460 e. The Bertz CT molecular complexity index is 873. The van der Waals surface area contributed by atoms with Gasteiger partial charge in [0.25, 0.3) is 0 Å². The highest BCUT2D eigenvalue weighted by molar-refractivity contribution is 5.24. The van der Waals surface area contributed by atoms with E-state index in [0.29, 0.717) is 12.2 Å². The standard InChI is InChI=1S/C31H47NO3/c1-2-3-4-5-6-7-8-9-10-11-12-13-14-15-16-20-23-35-31-26-32(29(27-33)24-30(31)34)25-28-21-18-17-19-22-28/h17-24,26,33H,2-16,25,27H2,1H3. The van der Waals surface area contributed by atoms with Crippen LogP contribution in [0.3, 0.4) is 0 Å². The first-order valence-electron chi connectivity index (χ1n) is 13.9. The van der Waals surface area contributed by atoms with Crippen molar-refractivity contribution in [2.24, 2.45) is 0 Å². The normalized spacial score (nSPS) is 11.4. The number of aliphatic hydroxyl groups is 1. The van der Waals surface area contributed by atoms with Gasteiger partial charge in [0.15, 0.2) is 5.75 Å². The maximum absolute atomic E-state index is 12.3. The summed E-state index contributed by atoms with van der Waals surface area (Å²) in [5.74, 6) is 0.287. The first kappa shape index (κ1) is 28.9. The number of nitrogens with zero attached hydrogens (tertiary/aromatic N) is 1. The van der Waals surface area contributed by atoms with Gasteiger partial charge in [0.05, 0.1) is 19.1 Å². The highest BCUT2D eigenvalue weighted by Crippen LogP contribution is 2.14. The number of pyridine rings is 1. The zero-order chi connectivity index (χ0) is 25.0. The van der Waals surface area contributed by atoms with Gasteiger partial charge in [0.2, 0.25) is 5.43 Å². The van der Waals surface area contributed by atoms with Crippen LogP contribution >= 0.6 is 0 Å². The van der Waals surface area contributed by atoms with Gasteiger partial charge >= 0.3 is 0 Å². The maximum Gasteiger partial charge on any atom is 0.224 e. The van der Waals surface area contributed by atoms with Crippen molar-refractivity contribution >= 4 is 0 Å². The second kappa shape index (κ2) is 18.9. The van der Waals surface area contributed by atoms with Gasteiger partial charge in [-0.3, -0.25) is 4.79 Å². The van der Waals surface area contributed by atoms with Crippen molar-refractivity contribution in [3.05, 3.63) is 76.4 Å². The fourth-order valence-electron chi connectivity index (χ4n) is 4.39. The van der Waals surface area contributed by atoms with Crippen LogP contribution in [0.25, 0.3) is 0 Å². The predicted octanol–water partition coefficient (Wildman–Crippen LogP) is 8.15. The van der Waals surface area contributed by atoms with E-state index in [1.807, 2.05) is 41.0 Å². The summed E-state index contributed by atoms with van der Waals surface area (Å²) in [6.45, 7) is 2.67.